The Kier molecular flexibility index (Phi) is 5.50. The average molecular weight is 532 g/mol. The molecule has 5 atom stereocenters. The van der Waals surface area contributed by atoms with Crippen molar-refractivity contribution in [3.8, 4) is 0 Å². The van der Waals surface area contributed by atoms with Crippen molar-refractivity contribution in [2.75, 3.05) is 33.5 Å². The van der Waals surface area contributed by atoms with Gasteiger partial charge in [-0.3, -0.25) is 19.2 Å². The zero-order valence-corrected chi connectivity index (χ0v) is 21.1. The van der Waals surface area contributed by atoms with Crippen LogP contribution >= 0.6 is 0 Å². The van der Waals surface area contributed by atoms with E-state index in [1.807, 2.05) is 0 Å². The zero-order valence-electron chi connectivity index (χ0n) is 21.1. The summed E-state index contributed by atoms with van der Waals surface area (Å²) < 4.78 is 22.9. The summed E-state index contributed by atoms with van der Waals surface area (Å²) in [7, 11) is 1.41. The summed E-state index contributed by atoms with van der Waals surface area (Å²) in [6.45, 7) is 1.35. The number of carbonyl (C=O) groups excluding carboxylic acids is 5. The van der Waals surface area contributed by atoms with Gasteiger partial charge in [0.1, 0.15) is 12.6 Å². The summed E-state index contributed by atoms with van der Waals surface area (Å²) in [5.41, 5.74) is 4.09. The Hall–Kier alpha value is -3.29. The Bertz CT molecular complexity index is 1230. The van der Waals surface area contributed by atoms with Crippen LogP contribution in [0, 0.1) is 11.8 Å². The number of amides is 2. The highest BCUT2D eigenvalue weighted by Gasteiger charge is 2.79. The SMILES string of the molecule is CO[C@@]12[C@H](COC(N)=O)C3=C(C(=O)C(CC4=C(O)CCCC4=O)C4(OCCO4)C3=O)N1C[C@H]1[C@@H]2N1C(C)=O. The fourth-order valence-electron chi connectivity index (χ4n) is 7.30. The molecule has 3 saturated heterocycles. The molecule has 13 heteroatoms. The number of carbonyl (C=O) groups is 5. The molecule has 1 unspecified atom stereocenters. The number of nitrogens with two attached hydrogens (primary N) is 1. The van der Waals surface area contributed by atoms with Crippen molar-refractivity contribution in [1.29, 1.82) is 0 Å². The van der Waals surface area contributed by atoms with Gasteiger partial charge >= 0.3 is 6.09 Å². The monoisotopic (exact) mass is 531 g/mol. The summed E-state index contributed by atoms with van der Waals surface area (Å²) in [6.07, 6.45) is -0.269. The number of ketones is 3. The Morgan fingerprint density at radius 2 is 1.87 bits per heavy atom. The molecule has 38 heavy (non-hydrogen) atoms. The molecule has 4 heterocycles. The zero-order chi connectivity index (χ0) is 27.1. The third-order valence-corrected chi connectivity index (χ3v) is 8.80. The molecule has 6 rings (SSSR count). The van der Waals surface area contributed by atoms with E-state index in [1.165, 1.54) is 14.0 Å². The van der Waals surface area contributed by atoms with Crippen LogP contribution in [0.25, 0.3) is 0 Å². The lowest BCUT2D eigenvalue weighted by atomic mass is 9.72. The van der Waals surface area contributed by atoms with Crippen LogP contribution in [0.4, 0.5) is 4.79 Å². The van der Waals surface area contributed by atoms with E-state index >= 15 is 0 Å². The predicted octanol–water partition coefficient (Wildman–Crippen LogP) is -0.310. The van der Waals surface area contributed by atoms with Crippen molar-refractivity contribution >= 4 is 29.4 Å². The molecule has 1 spiro atoms. The van der Waals surface area contributed by atoms with E-state index in [9.17, 15) is 29.1 Å². The molecule has 0 saturated carbocycles. The molecule has 0 radical (unpaired) electrons. The molecule has 4 aliphatic heterocycles. The first-order valence-corrected chi connectivity index (χ1v) is 12.7. The molecule has 2 aliphatic carbocycles. The van der Waals surface area contributed by atoms with Crippen molar-refractivity contribution in [2.45, 2.75) is 56.2 Å². The molecule has 0 aromatic rings. The lowest BCUT2D eigenvalue weighted by Crippen LogP contribution is -2.56. The first-order valence-electron chi connectivity index (χ1n) is 12.7. The summed E-state index contributed by atoms with van der Waals surface area (Å²) in [4.78, 5) is 68.5. The van der Waals surface area contributed by atoms with Crippen molar-refractivity contribution in [3.63, 3.8) is 0 Å². The number of allylic oxidation sites excluding steroid dienone is 3. The molecular weight excluding hydrogens is 502 g/mol. The molecule has 2 amide bonds. The second-order valence-electron chi connectivity index (χ2n) is 10.5. The minimum absolute atomic E-state index is 0.0262. The quantitative estimate of drug-likeness (QED) is 0.445. The smallest absolute Gasteiger partial charge is 0.404 e. The van der Waals surface area contributed by atoms with E-state index in [0.717, 1.165) is 0 Å². The van der Waals surface area contributed by atoms with Gasteiger partial charge in [0.25, 0.3) is 0 Å². The van der Waals surface area contributed by atoms with Crippen LogP contribution in [0.3, 0.4) is 0 Å². The Morgan fingerprint density at radius 3 is 2.47 bits per heavy atom. The molecule has 3 fully saturated rings. The van der Waals surface area contributed by atoms with E-state index in [-0.39, 0.29) is 79.5 Å². The maximum atomic E-state index is 14.3. The molecule has 0 bridgehead atoms. The van der Waals surface area contributed by atoms with Gasteiger partial charge in [-0.05, 0) is 12.8 Å². The van der Waals surface area contributed by atoms with E-state index in [0.29, 0.717) is 12.8 Å². The van der Waals surface area contributed by atoms with E-state index in [1.54, 1.807) is 9.80 Å². The molecule has 0 aromatic carbocycles. The number of methoxy groups -OCH3 is 1. The summed E-state index contributed by atoms with van der Waals surface area (Å²) >= 11 is 0. The van der Waals surface area contributed by atoms with Gasteiger partial charge in [0.15, 0.2) is 17.3 Å². The average Bonchev–Trinajstić information content (AvgIpc) is 3.16. The Morgan fingerprint density at radius 1 is 1.16 bits per heavy atom. The normalized spacial score (nSPS) is 35.2. The minimum Gasteiger partial charge on any atom is -0.512 e. The second-order valence-corrected chi connectivity index (χ2v) is 10.5. The van der Waals surface area contributed by atoms with Crippen LogP contribution < -0.4 is 5.73 Å². The first-order chi connectivity index (χ1) is 18.1. The largest absolute Gasteiger partial charge is 0.512 e. The highest BCUT2D eigenvalue weighted by atomic mass is 16.7. The highest BCUT2D eigenvalue weighted by molar-refractivity contribution is 6.18. The number of rotatable bonds is 5. The molecule has 204 valence electrons. The van der Waals surface area contributed by atoms with Crippen LogP contribution in [-0.4, -0.2) is 101 Å². The summed E-state index contributed by atoms with van der Waals surface area (Å²) in [6, 6.07) is -0.760. The van der Waals surface area contributed by atoms with Crippen molar-refractivity contribution in [3.05, 3.63) is 22.6 Å². The van der Waals surface area contributed by atoms with Gasteiger partial charge in [-0.1, -0.05) is 0 Å². The molecule has 13 nitrogen and oxygen atoms in total. The molecule has 3 N–H and O–H groups in total. The van der Waals surface area contributed by atoms with Crippen molar-refractivity contribution < 1.29 is 48.0 Å². The van der Waals surface area contributed by atoms with Crippen LogP contribution in [-0.2, 0) is 38.1 Å². The van der Waals surface area contributed by atoms with Gasteiger partial charge in [0.05, 0.1) is 42.5 Å². The van der Waals surface area contributed by atoms with Crippen LogP contribution in [0.1, 0.15) is 32.6 Å². The van der Waals surface area contributed by atoms with Crippen LogP contribution in [0.5, 0.6) is 0 Å². The van der Waals surface area contributed by atoms with Gasteiger partial charge in [-0.25, -0.2) is 4.79 Å². The van der Waals surface area contributed by atoms with Crippen molar-refractivity contribution in [1.82, 2.24) is 9.80 Å². The number of hydrogen-bond acceptors (Lipinski definition) is 11. The number of ether oxygens (including phenoxy) is 4. The van der Waals surface area contributed by atoms with Crippen LogP contribution in [0.15, 0.2) is 22.6 Å². The van der Waals surface area contributed by atoms with Gasteiger partial charge in [-0.2, -0.15) is 0 Å². The summed E-state index contributed by atoms with van der Waals surface area (Å²) in [5.74, 6) is -5.92. The lowest BCUT2D eigenvalue weighted by Gasteiger charge is -2.41. The first kappa shape index (κ1) is 25.0. The predicted molar refractivity (Wildman–Crippen MR) is 124 cm³/mol. The lowest BCUT2D eigenvalue weighted by molar-refractivity contribution is -0.200. The number of Topliss-reactive ketones (excluding diaryl/α,β-unsaturated/α-hetero) is 3. The fourth-order valence-corrected chi connectivity index (χ4v) is 7.30. The summed E-state index contributed by atoms with van der Waals surface area (Å²) in [5, 5.41) is 10.5. The van der Waals surface area contributed by atoms with Crippen molar-refractivity contribution in [2.24, 2.45) is 17.6 Å². The second kappa shape index (κ2) is 8.35. The highest BCUT2D eigenvalue weighted by Crippen LogP contribution is 2.61. The molecule has 0 aromatic heterocycles. The van der Waals surface area contributed by atoms with Crippen LogP contribution in [0.2, 0.25) is 0 Å². The minimum atomic E-state index is -2.01. The number of primary amides is 1. The number of piperazine rings is 1. The maximum absolute atomic E-state index is 14.3. The number of nitrogens with zero attached hydrogens (tertiary/aromatic N) is 2. The number of hydrogen-bond donors (Lipinski definition) is 2. The molecular formula is C25H29N3O10. The Balaban J connectivity index is 1.48. The van der Waals surface area contributed by atoms with E-state index in [2.05, 4.69) is 0 Å². The van der Waals surface area contributed by atoms with E-state index < -0.39 is 47.0 Å². The number of aliphatic hydroxyl groups is 1. The fraction of sp³-hybridized carbons (Fsp3) is 0.640. The van der Waals surface area contributed by atoms with Gasteiger partial charge in [0.2, 0.25) is 17.5 Å². The number of aliphatic hydroxyl groups excluding tert-OH is 1. The maximum Gasteiger partial charge on any atom is 0.404 e. The topological polar surface area (TPSA) is 175 Å². The van der Waals surface area contributed by atoms with Gasteiger partial charge < -0.3 is 39.6 Å². The standard InChI is InChI=1S/C25H29N3O10/c1-11(29)28-15-9-27-19-18(14(10-36-23(26)34)24(27,35-2)21(15)28)22(33)25(37-6-7-38-25)13(20(19)32)8-12-16(30)4-3-5-17(12)31/h13-15,21,30H,3-10H2,1-2H3,(H2,26,34)/t13?,14-,15+,21+,24-,28?/m1/s1. The Labute approximate surface area is 217 Å². The third kappa shape index (κ3) is 3.06. The third-order valence-electron chi connectivity index (χ3n) is 8.80. The molecule has 6 aliphatic rings. The number of fused-ring (bicyclic) bond motifs is 4. The van der Waals surface area contributed by atoms with Gasteiger partial charge in [0, 0.05) is 44.6 Å². The van der Waals surface area contributed by atoms with Gasteiger partial charge in [-0.15, -0.1) is 0 Å². The van der Waals surface area contributed by atoms with E-state index in [4.69, 9.17) is 24.7 Å².